The molecule has 0 saturated carbocycles. The summed E-state index contributed by atoms with van der Waals surface area (Å²) in [5, 5.41) is 2.29. The highest BCUT2D eigenvalue weighted by molar-refractivity contribution is 6.04. The topological polar surface area (TPSA) is 12.5 Å². The van der Waals surface area contributed by atoms with E-state index in [2.05, 4.69) is 193 Å². The van der Waals surface area contributed by atoms with Gasteiger partial charge in [0.2, 0.25) is 0 Å². The molecule has 1 heterocycles. The van der Waals surface area contributed by atoms with E-state index in [-0.39, 0.29) is 12.0 Å². The first kappa shape index (κ1) is 28.1. The van der Waals surface area contributed by atoms with E-state index >= 15 is 0 Å². The molecular weight excluding hydrogens is 583 g/mol. The summed E-state index contributed by atoms with van der Waals surface area (Å²) in [7, 11) is 0. The van der Waals surface area contributed by atoms with Crippen molar-refractivity contribution in [1.29, 1.82) is 0 Å². The highest BCUT2D eigenvalue weighted by Gasteiger charge is 2.39. The molecule has 2 aliphatic rings. The number of para-hydroxylation sites is 1. The van der Waals surface area contributed by atoms with Crippen molar-refractivity contribution in [2.24, 2.45) is 0 Å². The lowest BCUT2D eigenvalue weighted by molar-refractivity contribution is 0.281. The SMILES string of the molecule is C1=CC2c3cc(N(c4ccccc4)c4ccc(-c5ccccc5)cc4)c4ccccc4c3OC2C(c2ccc(-c3ccccc3)cc2)=C1. The number of rotatable bonds is 6. The third kappa shape index (κ3) is 4.90. The predicted molar refractivity (Wildman–Crippen MR) is 200 cm³/mol. The zero-order valence-corrected chi connectivity index (χ0v) is 26.4. The van der Waals surface area contributed by atoms with Gasteiger partial charge in [0.1, 0.15) is 11.9 Å². The van der Waals surface area contributed by atoms with Crippen LogP contribution in [0.5, 0.6) is 5.75 Å². The van der Waals surface area contributed by atoms with Crippen molar-refractivity contribution < 1.29 is 4.74 Å². The lowest BCUT2D eigenvalue weighted by Crippen LogP contribution is -2.21. The Kier molecular flexibility index (Phi) is 6.98. The average molecular weight is 616 g/mol. The van der Waals surface area contributed by atoms with Gasteiger partial charge in [-0.2, -0.15) is 0 Å². The molecule has 0 radical (unpaired) electrons. The smallest absolute Gasteiger partial charge is 0.135 e. The molecule has 48 heavy (non-hydrogen) atoms. The minimum atomic E-state index is -0.0958. The van der Waals surface area contributed by atoms with Gasteiger partial charge in [0, 0.05) is 39.2 Å². The summed E-state index contributed by atoms with van der Waals surface area (Å²) in [6.07, 6.45) is 6.63. The van der Waals surface area contributed by atoms with Crippen molar-refractivity contribution in [2.45, 2.75) is 12.0 Å². The van der Waals surface area contributed by atoms with Gasteiger partial charge in [0.25, 0.3) is 0 Å². The van der Waals surface area contributed by atoms with E-state index in [0.717, 1.165) is 33.6 Å². The summed E-state index contributed by atoms with van der Waals surface area (Å²) in [6.45, 7) is 0. The first-order valence-corrected chi connectivity index (χ1v) is 16.6. The standard InChI is InChI=1S/C46H33NO/c1-4-13-32(14-5-1)34-23-25-36(26-24-34)39-21-12-22-42-43-31-44(40-19-10-11-20-41(40)46(43)48-45(39)42)47(37-17-8-3-9-18-37)38-29-27-35(28-30-38)33-15-6-2-7-16-33/h1-31,42,45H. The minimum absolute atomic E-state index is 0.0958. The van der Waals surface area contributed by atoms with Crippen LogP contribution in [-0.4, -0.2) is 6.10 Å². The third-order valence-electron chi connectivity index (χ3n) is 9.65. The molecule has 0 amide bonds. The second-order valence-electron chi connectivity index (χ2n) is 12.5. The van der Waals surface area contributed by atoms with E-state index in [1.165, 1.54) is 39.0 Å². The van der Waals surface area contributed by atoms with Crippen molar-refractivity contribution >= 4 is 33.4 Å². The molecule has 2 atom stereocenters. The van der Waals surface area contributed by atoms with E-state index in [4.69, 9.17) is 4.74 Å². The summed E-state index contributed by atoms with van der Waals surface area (Å²) in [6, 6.07) is 60.6. The van der Waals surface area contributed by atoms with Crippen LogP contribution in [0.15, 0.2) is 188 Å². The predicted octanol–water partition coefficient (Wildman–Crippen LogP) is 12.1. The van der Waals surface area contributed by atoms with Gasteiger partial charge < -0.3 is 9.64 Å². The molecular formula is C46H33NO. The molecule has 7 aromatic rings. The quantitative estimate of drug-likeness (QED) is 0.185. The van der Waals surface area contributed by atoms with E-state index in [1.807, 2.05) is 0 Å². The second-order valence-corrected chi connectivity index (χ2v) is 12.5. The molecule has 9 rings (SSSR count). The zero-order chi connectivity index (χ0) is 31.9. The fourth-order valence-electron chi connectivity index (χ4n) is 7.30. The van der Waals surface area contributed by atoms with Crippen LogP contribution in [0.4, 0.5) is 17.1 Å². The number of hydrogen-bond acceptors (Lipinski definition) is 2. The largest absolute Gasteiger partial charge is 0.484 e. The van der Waals surface area contributed by atoms with Gasteiger partial charge in [-0.25, -0.2) is 0 Å². The van der Waals surface area contributed by atoms with Gasteiger partial charge in [0.15, 0.2) is 0 Å². The van der Waals surface area contributed by atoms with Crippen molar-refractivity contribution in [2.75, 3.05) is 4.90 Å². The van der Waals surface area contributed by atoms with Crippen LogP contribution in [0, 0.1) is 0 Å². The maximum atomic E-state index is 6.98. The lowest BCUT2D eigenvalue weighted by Gasteiger charge is -2.28. The third-order valence-corrected chi connectivity index (χ3v) is 9.65. The van der Waals surface area contributed by atoms with Crippen LogP contribution < -0.4 is 9.64 Å². The van der Waals surface area contributed by atoms with E-state index in [1.54, 1.807) is 0 Å². The Bertz CT molecular complexity index is 2290. The van der Waals surface area contributed by atoms with Gasteiger partial charge in [-0.3, -0.25) is 0 Å². The number of allylic oxidation sites excluding steroid dienone is 2. The van der Waals surface area contributed by atoms with E-state index in [9.17, 15) is 0 Å². The number of nitrogens with zero attached hydrogens (tertiary/aromatic N) is 1. The Hall–Kier alpha value is -6.12. The Morgan fingerprint density at radius 2 is 0.958 bits per heavy atom. The first-order valence-electron chi connectivity index (χ1n) is 16.6. The van der Waals surface area contributed by atoms with Crippen molar-refractivity contribution in [1.82, 2.24) is 0 Å². The Morgan fingerprint density at radius 3 is 1.60 bits per heavy atom. The molecule has 1 aliphatic heterocycles. The van der Waals surface area contributed by atoms with Gasteiger partial charge in [-0.1, -0.05) is 158 Å². The van der Waals surface area contributed by atoms with Crippen LogP contribution in [0.2, 0.25) is 0 Å². The summed E-state index contributed by atoms with van der Waals surface area (Å²) in [5.41, 5.74) is 11.8. The van der Waals surface area contributed by atoms with Crippen LogP contribution in [0.1, 0.15) is 17.0 Å². The van der Waals surface area contributed by atoms with Crippen LogP contribution >= 0.6 is 0 Å². The number of benzene rings is 7. The minimum Gasteiger partial charge on any atom is -0.484 e. The molecule has 0 N–H and O–H groups in total. The van der Waals surface area contributed by atoms with Gasteiger partial charge >= 0.3 is 0 Å². The number of hydrogen-bond donors (Lipinski definition) is 0. The molecule has 0 bridgehead atoms. The summed E-state index contributed by atoms with van der Waals surface area (Å²) < 4.78 is 6.98. The lowest BCUT2D eigenvalue weighted by atomic mass is 9.83. The fourth-order valence-corrected chi connectivity index (χ4v) is 7.30. The number of ether oxygens (including phenoxy) is 1. The molecule has 0 aromatic heterocycles. The monoisotopic (exact) mass is 615 g/mol. The van der Waals surface area contributed by atoms with Crippen molar-refractivity contribution in [3.63, 3.8) is 0 Å². The Labute approximate surface area is 281 Å². The molecule has 2 unspecified atom stereocenters. The highest BCUT2D eigenvalue weighted by atomic mass is 16.5. The molecule has 2 nitrogen and oxygen atoms in total. The van der Waals surface area contributed by atoms with Crippen LogP contribution in [-0.2, 0) is 0 Å². The molecule has 0 saturated heterocycles. The zero-order valence-electron chi connectivity index (χ0n) is 26.4. The average Bonchev–Trinajstić information content (AvgIpc) is 3.56. The Morgan fingerprint density at radius 1 is 0.458 bits per heavy atom. The van der Waals surface area contributed by atoms with Crippen LogP contribution in [0.3, 0.4) is 0 Å². The molecule has 228 valence electrons. The molecule has 0 spiro atoms. The summed E-state index contributed by atoms with van der Waals surface area (Å²) in [5.74, 6) is 1.09. The maximum Gasteiger partial charge on any atom is 0.135 e. The highest BCUT2D eigenvalue weighted by Crippen LogP contribution is 2.52. The normalized spacial score (nSPS) is 16.1. The van der Waals surface area contributed by atoms with Crippen LogP contribution in [0.25, 0.3) is 38.6 Å². The van der Waals surface area contributed by atoms with Crippen molar-refractivity contribution in [3.05, 3.63) is 199 Å². The number of anilines is 3. The molecule has 2 heteroatoms. The second kappa shape index (κ2) is 11.9. The summed E-state index contributed by atoms with van der Waals surface area (Å²) in [4.78, 5) is 2.39. The van der Waals surface area contributed by atoms with E-state index < -0.39 is 0 Å². The summed E-state index contributed by atoms with van der Waals surface area (Å²) >= 11 is 0. The first-order chi connectivity index (χ1) is 23.8. The molecule has 1 aliphatic carbocycles. The van der Waals surface area contributed by atoms with Gasteiger partial charge in [-0.05, 0) is 58.1 Å². The van der Waals surface area contributed by atoms with Gasteiger partial charge in [-0.15, -0.1) is 0 Å². The fraction of sp³-hybridized carbons (Fsp3) is 0.0435. The Balaban J connectivity index is 1.14. The number of fused-ring (bicyclic) bond motifs is 5. The molecule has 0 fully saturated rings. The maximum absolute atomic E-state index is 6.98. The molecule has 7 aromatic carbocycles. The van der Waals surface area contributed by atoms with Crippen molar-refractivity contribution in [3.8, 4) is 28.0 Å². The van der Waals surface area contributed by atoms with E-state index in [0.29, 0.717) is 0 Å². The van der Waals surface area contributed by atoms with Gasteiger partial charge in [0.05, 0.1) is 5.69 Å².